The summed E-state index contributed by atoms with van der Waals surface area (Å²) in [7, 11) is 0. The fourth-order valence-corrected chi connectivity index (χ4v) is 3.83. The predicted octanol–water partition coefficient (Wildman–Crippen LogP) is 0.996. The zero-order chi connectivity index (χ0) is 15.5. The number of thiophene rings is 1. The van der Waals surface area contributed by atoms with E-state index in [0.29, 0.717) is 26.2 Å². The maximum absolute atomic E-state index is 12.5. The Morgan fingerprint density at radius 1 is 1.36 bits per heavy atom. The van der Waals surface area contributed by atoms with E-state index in [1.54, 1.807) is 0 Å². The molecule has 3 rings (SSSR count). The van der Waals surface area contributed by atoms with Crippen molar-refractivity contribution in [1.29, 1.82) is 0 Å². The summed E-state index contributed by atoms with van der Waals surface area (Å²) in [4.78, 5) is 27.1. The summed E-state index contributed by atoms with van der Waals surface area (Å²) in [6, 6.07) is 1.85. The second-order valence-electron chi connectivity index (χ2n) is 5.85. The largest absolute Gasteiger partial charge is 0.480 e. The molecule has 3 heterocycles. The van der Waals surface area contributed by atoms with Crippen LogP contribution in [0.1, 0.15) is 16.8 Å². The molecule has 0 spiro atoms. The Labute approximate surface area is 133 Å². The molecule has 0 bridgehead atoms. The van der Waals surface area contributed by atoms with Crippen LogP contribution in [0.3, 0.4) is 0 Å². The number of amides is 1. The van der Waals surface area contributed by atoms with Gasteiger partial charge in [-0.05, 0) is 24.4 Å². The smallest absolute Gasteiger partial charge is 0.317 e. The number of piperidine rings is 1. The lowest BCUT2D eigenvalue weighted by Crippen LogP contribution is -2.48. The molecule has 0 radical (unpaired) electrons. The van der Waals surface area contributed by atoms with Gasteiger partial charge in [0.2, 0.25) is 0 Å². The van der Waals surface area contributed by atoms with Crippen LogP contribution in [0.2, 0.25) is 0 Å². The summed E-state index contributed by atoms with van der Waals surface area (Å²) < 4.78 is 5.89. The van der Waals surface area contributed by atoms with Crippen molar-refractivity contribution >= 4 is 23.2 Å². The standard InChI is InChI=1S/C15H20N2O4S/c18-14(19)9-16-3-1-11-7-17(4-5-21-13(11)8-16)15(20)12-2-6-22-10-12/h2,6,10-11,13H,1,3-5,7-9H2,(H,18,19)/t11-,13-/m0/s1. The number of nitrogens with zero attached hydrogens (tertiary/aromatic N) is 2. The van der Waals surface area contributed by atoms with Gasteiger partial charge in [0, 0.05) is 30.9 Å². The topological polar surface area (TPSA) is 70.1 Å². The van der Waals surface area contributed by atoms with Crippen LogP contribution in [0.4, 0.5) is 0 Å². The van der Waals surface area contributed by atoms with Crippen molar-refractivity contribution < 1.29 is 19.4 Å². The number of carbonyl (C=O) groups excluding carboxylic acids is 1. The number of rotatable bonds is 3. The molecular weight excluding hydrogens is 304 g/mol. The van der Waals surface area contributed by atoms with Gasteiger partial charge in [-0.25, -0.2) is 0 Å². The van der Waals surface area contributed by atoms with Gasteiger partial charge < -0.3 is 14.7 Å². The van der Waals surface area contributed by atoms with Crippen LogP contribution in [0.5, 0.6) is 0 Å². The number of hydrogen-bond acceptors (Lipinski definition) is 5. The van der Waals surface area contributed by atoms with Crippen LogP contribution < -0.4 is 0 Å². The Kier molecular flexibility index (Phi) is 4.75. The summed E-state index contributed by atoms with van der Waals surface area (Å²) in [6.45, 7) is 3.25. The van der Waals surface area contributed by atoms with E-state index in [0.717, 1.165) is 18.5 Å². The summed E-state index contributed by atoms with van der Waals surface area (Å²) in [5.74, 6) is -0.449. The summed E-state index contributed by atoms with van der Waals surface area (Å²) in [5, 5.41) is 12.7. The molecule has 1 amide bonds. The van der Waals surface area contributed by atoms with E-state index in [9.17, 15) is 9.59 Å². The first-order chi connectivity index (χ1) is 10.6. The minimum absolute atomic E-state index is 0.0216. The normalized spacial score (nSPS) is 26.3. The Hall–Kier alpha value is -1.44. The van der Waals surface area contributed by atoms with Gasteiger partial charge in [-0.2, -0.15) is 11.3 Å². The van der Waals surface area contributed by atoms with Crippen LogP contribution in [-0.4, -0.2) is 72.2 Å². The van der Waals surface area contributed by atoms with Crippen LogP contribution in [0.25, 0.3) is 0 Å². The van der Waals surface area contributed by atoms with E-state index in [1.807, 2.05) is 26.6 Å². The highest BCUT2D eigenvalue weighted by Gasteiger charge is 2.35. The molecular formula is C15H20N2O4S. The number of carbonyl (C=O) groups is 2. The van der Waals surface area contributed by atoms with Crippen LogP contribution >= 0.6 is 11.3 Å². The summed E-state index contributed by atoms with van der Waals surface area (Å²) in [6.07, 6.45) is 0.888. The molecule has 1 aromatic heterocycles. The monoisotopic (exact) mass is 324 g/mol. The Balaban J connectivity index is 1.63. The lowest BCUT2D eigenvalue weighted by atomic mass is 9.93. The minimum Gasteiger partial charge on any atom is -0.480 e. The van der Waals surface area contributed by atoms with Crippen LogP contribution in [0, 0.1) is 5.92 Å². The minimum atomic E-state index is -0.804. The molecule has 0 saturated carbocycles. The first-order valence-electron chi connectivity index (χ1n) is 7.50. The summed E-state index contributed by atoms with van der Waals surface area (Å²) in [5.41, 5.74) is 0.742. The van der Waals surface area contributed by atoms with E-state index >= 15 is 0 Å². The van der Waals surface area contributed by atoms with Crippen LogP contribution in [-0.2, 0) is 9.53 Å². The van der Waals surface area contributed by atoms with Crippen LogP contribution in [0.15, 0.2) is 16.8 Å². The maximum Gasteiger partial charge on any atom is 0.317 e. The molecule has 2 aliphatic heterocycles. The molecule has 22 heavy (non-hydrogen) atoms. The number of likely N-dealkylation sites (tertiary alicyclic amines) is 1. The molecule has 0 aromatic carbocycles. The van der Waals surface area contributed by atoms with E-state index in [-0.39, 0.29) is 24.5 Å². The van der Waals surface area contributed by atoms with E-state index in [1.165, 1.54) is 11.3 Å². The Morgan fingerprint density at radius 2 is 2.23 bits per heavy atom. The first kappa shape index (κ1) is 15.5. The fraction of sp³-hybridized carbons (Fsp3) is 0.600. The number of hydrogen-bond donors (Lipinski definition) is 1. The molecule has 2 saturated heterocycles. The number of aliphatic carboxylic acids is 1. The maximum atomic E-state index is 12.5. The fourth-order valence-electron chi connectivity index (χ4n) is 3.20. The van der Waals surface area contributed by atoms with Crippen molar-refractivity contribution in [2.24, 2.45) is 5.92 Å². The first-order valence-corrected chi connectivity index (χ1v) is 8.45. The molecule has 6 nitrogen and oxygen atoms in total. The average molecular weight is 324 g/mol. The third-order valence-corrected chi connectivity index (χ3v) is 5.03. The number of carboxylic acids is 1. The van der Waals surface area contributed by atoms with Crippen molar-refractivity contribution in [2.75, 3.05) is 39.3 Å². The van der Waals surface area contributed by atoms with Gasteiger partial charge in [-0.1, -0.05) is 0 Å². The molecule has 2 aliphatic rings. The number of ether oxygens (including phenoxy) is 1. The molecule has 1 aromatic rings. The highest BCUT2D eigenvalue weighted by molar-refractivity contribution is 7.08. The van der Waals surface area contributed by atoms with Crippen molar-refractivity contribution in [3.05, 3.63) is 22.4 Å². The van der Waals surface area contributed by atoms with E-state index in [2.05, 4.69) is 0 Å². The molecule has 0 aliphatic carbocycles. The van der Waals surface area contributed by atoms with Gasteiger partial charge in [0.05, 0.1) is 24.8 Å². The SMILES string of the molecule is O=C(O)CN1CC[C@H]2CN(C(=O)c3ccsc3)CCO[C@H]2C1. The second kappa shape index (κ2) is 6.76. The highest BCUT2D eigenvalue weighted by atomic mass is 32.1. The van der Waals surface area contributed by atoms with Crippen molar-refractivity contribution in [3.63, 3.8) is 0 Å². The van der Waals surface area contributed by atoms with Crippen molar-refractivity contribution in [2.45, 2.75) is 12.5 Å². The Morgan fingerprint density at radius 3 is 2.95 bits per heavy atom. The Bertz CT molecular complexity index is 534. The van der Waals surface area contributed by atoms with Gasteiger partial charge >= 0.3 is 5.97 Å². The number of fused-ring (bicyclic) bond motifs is 1. The molecule has 1 N–H and O–H groups in total. The van der Waals surface area contributed by atoms with Crippen molar-refractivity contribution in [3.8, 4) is 0 Å². The average Bonchev–Trinajstić information content (AvgIpc) is 2.93. The zero-order valence-corrected chi connectivity index (χ0v) is 13.1. The molecule has 2 atom stereocenters. The predicted molar refractivity (Wildman–Crippen MR) is 82.1 cm³/mol. The second-order valence-corrected chi connectivity index (χ2v) is 6.63. The number of carboxylic acid groups (broad SMARTS) is 1. The van der Waals surface area contributed by atoms with Gasteiger partial charge in [0.15, 0.2) is 0 Å². The third kappa shape index (κ3) is 3.48. The van der Waals surface area contributed by atoms with Gasteiger partial charge in [-0.15, -0.1) is 0 Å². The lowest BCUT2D eigenvalue weighted by molar-refractivity contribution is -0.139. The van der Waals surface area contributed by atoms with Gasteiger partial charge in [0.25, 0.3) is 5.91 Å². The molecule has 2 fully saturated rings. The lowest BCUT2D eigenvalue weighted by Gasteiger charge is -2.37. The summed E-state index contributed by atoms with van der Waals surface area (Å²) >= 11 is 1.52. The third-order valence-electron chi connectivity index (χ3n) is 4.34. The quantitative estimate of drug-likeness (QED) is 0.898. The zero-order valence-electron chi connectivity index (χ0n) is 12.3. The molecule has 7 heteroatoms. The van der Waals surface area contributed by atoms with E-state index < -0.39 is 5.97 Å². The van der Waals surface area contributed by atoms with Gasteiger partial charge in [-0.3, -0.25) is 14.5 Å². The van der Waals surface area contributed by atoms with E-state index in [4.69, 9.17) is 9.84 Å². The molecule has 120 valence electrons. The highest BCUT2D eigenvalue weighted by Crippen LogP contribution is 2.25. The molecule has 0 unspecified atom stereocenters. The van der Waals surface area contributed by atoms with Gasteiger partial charge in [0.1, 0.15) is 0 Å². The van der Waals surface area contributed by atoms with Crippen molar-refractivity contribution in [1.82, 2.24) is 9.80 Å².